The molecule has 0 radical (unpaired) electrons. The topological polar surface area (TPSA) is 98.9 Å². The highest BCUT2D eigenvalue weighted by Gasteiger charge is 2.15. The predicted molar refractivity (Wildman–Crippen MR) is 123 cm³/mol. The smallest absolute Gasteiger partial charge is 0.316 e. The molecule has 0 amide bonds. The van der Waals surface area contributed by atoms with Crippen molar-refractivity contribution in [3.05, 3.63) is 48.8 Å². The van der Waals surface area contributed by atoms with Gasteiger partial charge in [0.25, 0.3) is 0 Å². The first kappa shape index (κ1) is 21.0. The lowest BCUT2D eigenvalue weighted by Gasteiger charge is -2.19. The first-order chi connectivity index (χ1) is 16.2. The fraction of sp³-hybridized carbons (Fsp3) is 0.304. The van der Waals surface area contributed by atoms with Crippen molar-refractivity contribution in [2.75, 3.05) is 45.8 Å². The van der Waals surface area contributed by atoms with E-state index in [2.05, 4.69) is 30.3 Å². The van der Waals surface area contributed by atoms with E-state index in [0.717, 1.165) is 35.7 Å². The summed E-state index contributed by atoms with van der Waals surface area (Å²) in [6, 6.07) is 12.1. The van der Waals surface area contributed by atoms with Gasteiger partial charge in [-0.2, -0.15) is 4.98 Å². The van der Waals surface area contributed by atoms with Crippen LogP contribution in [0.2, 0.25) is 0 Å². The van der Waals surface area contributed by atoms with Crippen LogP contribution in [0.15, 0.2) is 48.8 Å². The van der Waals surface area contributed by atoms with Gasteiger partial charge in [-0.25, -0.2) is 14.5 Å². The van der Waals surface area contributed by atoms with Gasteiger partial charge in [0.15, 0.2) is 17.1 Å². The SMILES string of the molecule is CN(C)CCCOc1ncc(Nc2nc3cccc(-c4ccc5c(c4)OCCO5)n3n2)cn1. The molecule has 0 fully saturated rings. The maximum atomic E-state index is 5.72. The number of rotatable bonds is 8. The molecule has 5 rings (SSSR count). The molecule has 170 valence electrons. The number of nitrogens with zero attached hydrogens (tertiary/aromatic N) is 6. The highest BCUT2D eigenvalue weighted by molar-refractivity contribution is 5.67. The summed E-state index contributed by atoms with van der Waals surface area (Å²) in [6.45, 7) is 2.63. The fourth-order valence-corrected chi connectivity index (χ4v) is 3.51. The number of ether oxygens (including phenoxy) is 3. The van der Waals surface area contributed by atoms with Gasteiger partial charge in [0, 0.05) is 12.1 Å². The average molecular weight is 447 g/mol. The lowest BCUT2D eigenvalue weighted by Crippen LogP contribution is -2.15. The van der Waals surface area contributed by atoms with Gasteiger partial charge in [0.1, 0.15) is 13.2 Å². The quantitative estimate of drug-likeness (QED) is 0.409. The number of aromatic nitrogens is 5. The summed E-state index contributed by atoms with van der Waals surface area (Å²) in [4.78, 5) is 15.2. The largest absolute Gasteiger partial charge is 0.486 e. The van der Waals surface area contributed by atoms with Crippen LogP contribution in [-0.2, 0) is 0 Å². The monoisotopic (exact) mass is 447 g/mol. The van der Waals surface area contributed by atoms with E-state index >= 15 is 0 Å². The van der Waals surface area contributed by atoms with E-state index in [0.29, 0.717) is 43.1 Å². The maximum absolute atomic E-state index is 5.72. The number of nitrogens with one attached hydrogen (secondary N) is 1. The molecule has 1 aliphatic rings. The summed E-state index contributed by atoms with van der Waals surface area (Å²) in [7, 11) is 4.06. The maximum Gasteiger partial charge on any atom is 0.316 e. The lowest BCUT2D eigenvalue weighted by atomic mass is 10.1. The second-order valence-electron chi connectivity index (χ2n) is 7.86. The second-order valence-corrected chi connectivity index (χ2v) is 7.86. The number of fused-ring (bicyclic) bond motifs is 2. The summed E-state index contributed by atoms with van der Waals surface area (Å²) in [5, 5.41) is 7.78. The molecule has 4 aromatic rings. The molecule has 4 heterocycles. The Labute approximate surface area is 191 Å². The molecule has 1 aromatic carbocycles. The van der Waals surface area contributed by atoms with Crippen molar-refractivity contribution in [2.45, 2.75) is 6.42 Å². The van der Waals surface area contributed by atoms with Crippen molar-refractivity contribution in [2.24, 2.45) is 0 Å². The van der Waals surface area contributed by atoms with Crippen LogP contribution in [-0.4, -0.2) is 69.9 Å². The molecule has 0 saturated carbocycles. The Morgan fingerprint density at radius 2 is 1.88 bits per heavy atom. The lowest BCUT2D eigenvalue weighted by molar-refractivity contribution is 0.171. The summed E-state index contributed by atoms with van der Waals surface area (Å²) in [5.74, 6) is 1.93. The van der Waals surface area contributed by atoms with Crippen molar-refractivity contribution in [3.8, 4) is 28.8 Å². The molecular weight excluding hydrogens is 422 g/mol. The van der Waals surface area contributed by atoms with Crippen LogP contribution in [0.1, 0.15) is 6.42 Å². The van der Waals surface area contributed by atoms with E-state index in [1.165, 1.54) is 0 Å². The number of benzene rings is 1. The number of anilines is 2. The zero-order valence-electron chi connectivity index (χ0n) is 18.6. The van der Waals surface area contributed by atoms with E-state index in [1.54, 1.807) is 16.9 Å². The van der Waals surface area contributed by atoms with Crippen molar-refractivity contribution >= 4 is 17.3 Å². The number of hydrogen-bond acceptors (Lipinski definition) is 9. The molecule has 1 aliphatic heterocycles. The minimum Gasteiger partial charge on any atom is -0.486 e. The van der Waals surface area contributed by atoms with E-state index in [9.17, 15) is 0 Å². The van der Waals surface area contributed by atoms with Crippen LogP contribution < -0.4 is 19.5 Å². The van der Waals surface area contributed by atoms with E-state index in [4.69, 9.17) is 14.2 Å². The van der Waals surface area contributed by atoms with Gasteiger partial charge in [-0.1, -0.05) is 6.07 Å². The minimum absolute atomic E-state index is 0.350. The van der Waals surface area contributed by atoms with Gasteiger partial charge >= 0.3 is 6.01 Å². The molecule has 0 atom stereocenters. The first-order valence-electron chi connectivity index (χ1n) is 10.8. The first-order valence-corrected chi connectivity index (χ1v) is 10.8. The molecule has 0 aliphatic carbocycles. The van der Waals surface area contributed by atoms with Gasteiger partial charge in [0.05, 0.1) is 30.4 Å². The van der Waals surface area contributed by atoms with Crippen molar-refractivity contribution < 1.29 is 14.2 Å². The van der Waals surface area contributed by atoms with Crippen LogP contribution >= 0.6 is 0 Å². The fourth-order valence-electron chi connectivity index (χ4n) is 3.51. The van der Waals surface area contributed by atoms with Crippen molar-refractivity contribution in [3.63, 3.8) is 0 Å². The molecule has 33 heavy (non-hydrogen) atoms. The molecule has 0 saturated heterocycles. The van der Waals surface area contributed by atoms with Gasteiger partial charge in [0.2, 0.25) is 5.95 Å². The molecule has 3 aromatic heterocycles. The van der Waals surface area contributed by atoms with Crippen LogP contribution in [0.25, 0.3) is 16.9 Å². The molecule has 10 heteroatoms. The van der Waals surface area contributed by atoms with E-state index in [-0.39, 0.29) is 0 Å². The number of pyridine rings is 1. The molecule has 1 N–H and O–H groups in total. The van der Waals surface area contributed by atoms with Gasteiger partial charge in [-0.3, -0.25) is 0 Å². The Morgan fingerprint density at radius 3 is 2.70 bits per heavy atom. The average Bonchev–Trinajstić information content (AvgIpc) is 3.25. The molecule has 0 unspecified atom stereocenters. The van der Waals surface area contributed by atoms with Gasteiger partial charge < -0.3 is 24.4 Å². The van der Waals surface area contributed by atoms with Gasteiger partial charge in [-0.15, -0.1) is 5.10 Å². The Kier molecular flexibility index (Phi) is 5.90. The Balaban J connectivity index is 1.31. The molecular formula is C23H25N7O3. The second kappa shape index (κ2) is 9.29. The minimum atomic E-state index is 0.350. The Morgan fingerprint density at radius 1 is 1.06 bits per heavy atom. The summed E-state index contributed by atoms with van der Waals surface area (Å²) >= 11 is 0. The summed E-state index contributed by atoms with van der Waals surface area (Å²) < 4.78 is 18.7. The summed E-state index contributed by atoms with van der Waals surface area (Å²) in [6.07, 6.45) is 4.22. The normalized spacial score (nSPS) is 12.8. The predicted octanol–water partition coefficient (Wildman–Crippen LogP) is 3.03. The van der Waals surface area contributed by atoms with Crippen LogP contribution in [0.3, 0.4) is 0 Å². The third-order valence-corrected chi connectivity index (χ3v) is 5.06. The zero-order valence-corrected chi connectivity index (χ0v) is 18.6. The van der Waals surface area contributed by atoms with Crippen LogP contribution in [0.5, 0.6) is 17.5 Å². The van der Waals surface area contributed by atoms with E-state index in [1.807, 2.05) is 50.5 Å². The molecule has 10 nitrogen and oxygen atoms in total. The van der Waals surface area contributed by atoms with E-state index < -0.39 is 0 Å². The highest BCUT2D eigenvalue weighted by Crippen LogP contribution is 2.34. The third kappa shape index (κ3) is 4.80. The van der Waals surface area contributed by atoms with Crippen molar-refractivity contribution in [1.82, 2.24) is 29.5 Å². The third-order valence-electron chi connectivity index (χ3n) is 5.06. The highest BCUT2D eigenvalue weighted by atomic mass is 16.6. The Bertz CT molecular complexity index is 1240. The Hall–Kier alpha value is -3.92. The summed E-state index contributed by atoms with van der Waals surface area (Å²) in [5.41, 5.74) is 3.24. The van der Waals surface area contributed by atoms with Crippen LogP contribution in [0, 0.1) is 0 Å². The zero-order chi connectivity index (χ0) is 22.6. The van der Waals surface area contributed by atoms with Gasteiger partial charge in [-0.05, 0) is 50.8 Å². The standard InChI is InChI=1S/C23H25N7O3/c1-29(2)9-4-10-33-23-24-14-17(15-25-23)26-22-27-21-6-3-5-18(30(21)28-22)16-7-8-19-20(13-16)32-12-11-31-19/h3,5-8,13-15H,4,9-12H2,1-2H3,(H,26,28). The molecule has 0 spiro atoms. The van der Waals surface area contributed by atoms with Crippen molar-refractivity contribution in [1.29, 1.82) is 0 Å². The molecule has 0 bridgehead atoms. The van der Waals surface area contributed by atoms with Crippen LogP contribution in [0.4, 0.5) is 11.6 Å². The number of hydrogen-bond donors (Lipinski definition) is 1.